The van der Waals surface area contributed by atoms with E-state index in [9.17, 15) is 28.8 Å². The lowest BCUT2D eigenvalue weighted by Crippen LogP contribution is -2.48. The van der Waals surface area contributed by atoms with Gasteiger partial charge >= 0.3 is 5.97 Å². The van der Waals surface area contributed by atoms with E-state index in [1.807, 2.05) is 0 Å². The van der Waals surface area contributed by atoms with Crippen molar-refractivity contribution in [2.45, 2.75) is 38.8 Å². The molecule has 29 heavy (non-hydrogen) atoms. The first kappa shape index (κ1) is 25.8. The molecule has 0 heterocycles. The number of carbonyl (C=O) groups is 6. The summed E-state index contributed by atoms with van der Waals surface area (Å²) < 4.78 is 5.04. The van der Waals surface area contributed by atoms with Gasteiger partial charge in [-0.15, -0.1) is 0 Å². The van der Waals surface area contributed by atoms with E-state index in [4.69, 9.17) is 16.2 Å². The summed E-state index contributed by atoms with van der Waals surface area (Å²) in [6, 6.07) is -1.19. The average Bonchev–Trinajstić information content (AvgIpc) is 2.58. The topological polar surface area (TPSA) is 212 Å². The maximum atomic E-state index is 11.8. The Labute approximate surface area is 167 Å². The Morgan fingerprint density at radius 2 is 1.21 bits per heavy atom. The summed E-state index contributed by atoms with van der Waals surface area (Å²) in [5.74, 6) is -4.10. The molecule has 0 fully saturated rings. The van der Waals surface area contributed by atoms with Crippen molar-refractivity contribution in [1.29, 1.82) is 0 Å². The van der Waals surface area contributed by atoms with Gasteiger partial charge in [0.25, 0.3) is 0 Å². The van der Waals surface area contributed by atoms with Crippen molar-refractivity contribution < 1.29 is 33.5 Å². The summed E-state index contributed by atoms with van der Waals surface area (Å²) in [5.41, 5.74) is 9.71. The summed E-state index contributed by atoms with van der Waals surface area (Å²) >= 11 is 0. The van der Waals surface area contributed by atoms with Crippen molar-refractivity contribution in [3.63, 3.8) is 0 Å². The molecule has 13 heteroatoms. The molecule has 0 aliphatic carbocycles. The Kier molecular flexibility index (Phi) is 10.9. The Balaban J connectivity index is 4.06. The lowest BCUT2D eigenvalue weighted by molar-refractivity contribution is -0.156. The number of nitrogens with two attached hydrogens (primary N) is 2. The van der Waals surface area contributed by atoms with Gasteiger partial charge in [0, 0.05) is 0 Å². The minimum atomic E-state index is -1.19. The minimum Gasteiger partial charge on any atom is -0.460 e. The largest absolute Gasteiger partial charge is 0.460 e. The van der Waals surface area contributed by atoms with Crippen LogP contribution < -0.4 is 32.7 Å². The molecule has 0 saturated carbocycles. The molecule has 0 aromatic rings. The van der Waals surface area contributed by atoms with E-state index in [1.165, 1.54) is 0 Å². The Hall–Kier alpha value is -3.22. The Morgan fingerprint density at radius 3 is 1.62 bits per heavy atom. The molecule has 0 saturated heterocycles. The van der Waals surface area contributed by atoms with Gasteiger partial charge in [-0.3, -0.25) is 28.8 Å². The summed E-state index contributed by atoms with van der Waals surface area (Å²) in [6.07, 6.45) is -0.356. The van der Waals surface area contributed by atoms with Crippen LogP contribution in [0.4, 0.5) is 0 Å². The van der Waals surface area contributed by atoms with Crippen molar-refractivity contribution in [3.8, 4) is 0 Å². The molecule has 0 spiro atoms. The van der Waals surface area contributed by atoms with E-state index in [2.05, 4.69) is 21.3 Å². The molecule has 8 N–H and O–H groups in total. The zero-order valence-corrected chi connectivity index (χ0v) is 16.6. The van der Waals surface area contributed by atoms with Gasteiger partial charge < -0.3 is 37.5 Å². The Morgan fingerprint density at radius 1 is 0.793 bits per heavy atom. The van der Waals surface area contributed by atoms with E-state index in [0.717, 1.165) is 0 Å². The molecule has 1 atom stereocenters. The predicted octanol–water partition coefficient (Wildman–Crippen LogP) is -4.00. The molecule has 0 aromatic carbocycles. The quantitative estimate of drug-likeness (QED) is 0.182. The molecule has 164 valence electrons. The highest BCUT2D eigenvalue weighted by molar-refractivity contribution is 5.92. The van der Waals surface area contributed by atoms with E-state index in [0.29, 0.717) is 0 Å². The maximum absolute atomic E-state index is 11.8. The number of carbonyl (C=O) groups excluding carboxylic acids is 6. The van der Waals surface area contributed by atoms with Crippen LogP contribution in [0.5, 0.6) is 0 Å². The molecule has 0 rings (SSSR count). The van der Waals surface area contributed by atoms with Crippen LogP contribution in [0.2, 0.25) is 0 Å². The standard InChI is InChI=1S/C16H28N6O7/c1-16(2,3)29-14(27)4-9(17)15(28)22-8-13(26)21-7-12(25)20-6-11(24)19-5-10(18)23/h9H,4-8,17H2,1-3H3,(H2,18,23)(H,19,24)(H,20,25)(H,21,26)(H,22,28)/t9-/m1/s1. The highest BCUT2D eigenvalue weighted by Crippen LogP contribution is 2.08. The molecular weight excluding hydrogens is 388 g/mol. The maximum Gasteiger partial charge on any atom is 0.308 e. The minimum absolute atomic E-state index is 0.356. The fourth-order valence-electron chi connectivity index (χ4n) is 1.68. The van der Waals surface area contributed by atoms with Crippen LogP contribution in [0, 0.1) is 0 Å². The molecule has 0 aliphatic heterocycles. The molecule has 0 unspecified atom stereocenters. The van der Waals surface area contributed by atoms with Gasteiger partial charge in [0.05, 0.1) is 38.6 Å². The van der Waals surface area contributed by atoms with E-state index < -0.39 is 66.8 Å². The lowest BCUT2D eigenvalue weighted by atomic mass is 10.1. The number of primary amides is 1. The van der Waals surface area contributed by atoms with Gasteiger partial charge in [-0.1, -0.05) is 0 Å². The first-order chi connectivity index (χ1) is 13.3. The molecular formula is C16H28N6O7. The lowest BCUT2D eigenvalue weighted by Gasteiger charge is -2.20. The highest BCUT2D eigenvalue weighted by Gasteiger charge is 2.22. The number of ether oxygens (including phenoxy) is 1. The number of rotatable bonds is 11. The van der Waals surface area contributed by atoms with Crippen LogP contribution in [0.25, 0.3) is 0 Å². The smallest absolute Gasteiger partial charge is 0.308 e. The second-order valence-corrected chi connectivity index (χ2v) is 6.91. The van der Waals surface area contributed by atoms with Gasteiger partial charge in [-0.05, 0) is 20.8 Å². The monoisotopic (exact) mass is 416 g/mol. The molecule has 0 bridgehead atoms. The summed E-state index contributed by atoms with van der Waals surface area (Å²) in [6.45, 7) is 3.34. The third kappa shape index (κ3) is 14.5. The van der Waals surface area contributed by atoms with Gasteiger partial charge in [0.15, 0.2) is 0 Å². The highest BCUT2D eigenvalue weighted by atomic mass is 16.6. The molecule has 0 aliphatic rings. The molecule has 13 nitrogen and oxygen atoms in total. The van der Waals surface area contributed by atoms with E-state index >= 15 is 0 Å². The zero-order chi connectivity index (χ0) is 22.6. The second-order valence-electron chi connectivity index (χ2n) is 6.91. The van der Waals surface area contributed by atoms with Crippen molar-refractivity contribution in [3.05, 3.63) is 0 Å². The first-order valence-corrected chi connectivity index (χ1v) is 8.63. The third-order valence-electron chi connectivity index (χ3n) is 2.92. The SMILES string of the molecule is CC(C)(C)OC(=O)C[C@@H](N)C(=O)NCC(=O)NCC(=O)NCC(=O)NCC(N)=O. The van der Waals surface area contributed by atoms with E-state index in [-0.39, 0.29) is 13.0 Å². The molecule has 0 aromatic heterocycles. The zero-order valence-electron chi connectivity index (χ0n) is 16.6. The van der Waals surface area contributed by atoms with Crippen molar-refractivity contribution in [2.75, 3.05) is 26.2 Å². The number of nitrogens with one attached hydrogen (secondary N) is 4. The van der Waals surface area contributed by atoms with Gasteiger partial charge in [-0.2, -0.15) is 0 Å². The summed E-state index contributed by atoms with van der Waals surface area (Å²) in [5, 5.41) is 8.82. The number of amides is 5. The summed E-state index contributed by atoms with van der Waals surface area (Å²) in [7, 11) is 0. The van der Waals surface area contributed by atoms with Crippen LogP contribution in [0.3, 0.4) is 0 Å². The number of hydrogen-bond donors (Lipinski definition) is 6. The van der Waals surface area contributed by atoms with Crippen molar-refractivity contribution in [2.24, 2.45) is 11.5 Å². The van der Waals surface area contributed by atoms with Crippen LogP contribution in [-0.4, -0.2) is 73.3 Å². The molecule has 5 amide bonds. The Bertz CT molecular complexity index is 644. The number of hydrogen-bond acceptors (Lipinski definition) is 8. The average molecular weight is 416 g/mol. The third-order valence-corrected chi connectivity index (χ3v) is 2.92. The predicted molar refractivity (Wildman–Crippen MR) is 99.7 cm³/mol. The second kappa shape index (κ2) is 12.3. The first-order valence-electron chi connectivity index (χ1n) is 8.63. The molecule has 0 radical (unpaired) electrons. The van der Waals surface area contributed by atoms with Crippen molar-refractivity contribution in [1.82, 2.24) is 21.3 Å². The fraction of sp³-hybridized carbons (Fsp3) is 0.625. The van der Waals surface area contributed by atoms with Gasteiger partial charge in [0.2, 0.25) is 29.5 Å². The van der Waals surface area contributed by atoms with Gasteiger partial charge in [0.1, 0.15) is 5.60 Å². The van der Waals surface area contributed by atoms with Crippen LogP contribution in [0.15, 0.2) is 0 Å². The van der Waals surface area contributed by atoms with Crippen LogP contribution in [0.1, 0.15) is 27.2 Å². The fourth-order valence-corrected chi connectivity index (χ4v) is 1.68. The van der Waals surface area contributed by atoms with Crippen molar-refractivity contribution >= 4 is 35.5 Å². The normalized spacial score (nSPS) is 11.6. The summed E-state index contributed by atoms with van der Waals surface area (Å²) in [4.78, 5) is 68.3. The van der Waals surface area contributed by atoms with E-state index in [1.54, 1.807) is 20.8 Å². The number of esters is 1. The van der Waals surface area contributed by atoms with Crippen LogP contribution >= 0.6 is 0 Å². The van der Waals surface area contributed by atoms with Crippen LogP contribution in [-0.2, 0) is 33.5 Å². The van der Waals surface area contributed by atoms with Gasteiger partial charge in [-0.25, -0.2) is 0 Å².